The van der Waals surface area contributed by atoms with Crippen LogP contribution in [0.15, 0.2) is 12.4 Å². The van der Waals surface area contributed by atoms with Crippen molar-refractivity contribution in [3.8, 4) is 0 Å². The Labute approximate surface area is 143 Å². The Morgan fingerprint density at radius 2 is 2.21 bits per heavy atom. The minimum Gasteiger partial charge on any atom is -0.469 e. The van der Waals surface area contributed by atoms with Crippen molar-refractivity contribution in [1.82, 2.24) is 19.8 Å². The van der Waals surface area contributed by atoms with Crippen LogP contribution in [0.3, 0.4) is 0 Å². The molecular formula is C17H28N4O3. The lowest BCUT2D eigenvalue weighted by Gasteiger charge is -2.24. The highest BCUT2D eigenvalue weighted by Gasteiger charge is 2.48. The lowest BCUT2D eigenvalue weighted by atomic mass is 9.81. The zero-order valence-electron chi connectivity index (χ0n) is 15.2. The van der Waals surface area contributed by atoms with Crippen LogP contribution in [0.25, 0.3) is 0 Å². The van der Waals surface area contributed by atoms with Crippen LogP contribution >= 0.6 is 0 Å². The van der Waals surface area contributed by atoms with Crippen molar-refractivity contribution in [2.24, 2.45) is 17.3 Å². The molecule has 0 radical (unpaired) electrons. The average molecular weight is 336 g/mol. The van der Waals surface area contributed by atoms with Crippen LogP contribution in [0.4, 0.5) is 4.79 Å². The van der Waals surface area contributed by atoms with Crippen LogP contribution in [0.5, 0.6) is 0 Å². The summed E-state index contributed by atoms with van der Waals surface area (Å²) >= 11 is 0. The molecule has 2 atom stereocenters. The van der Waals surface area contributed by atoms with Gasteiger partial charge in [0, 0.05) is 32.0 Å². The number of ether oxygens (including phenoxy) is 1. The molecular weight excluding hydrogens is 308 g/mol. The van der Waals surface area contributed by atoms with E-state index in [4.69, 9.17) is 4.74 Å². The smallest absolute Gasteiger partial charge is 0.317 e. The molecule has 1 N–H and O–H groups in total. The van der Waals surface area contributed by atoms with Gasteiger partial charge in [-0.25, -0.2) is 9.78 Å². The fraction of sp³-hybridized carbons (Fsp3) is 0.706. The van der Waals surface area contributed by atoms with Crippen LogP contribution in [-0.2, 0) is 22.6 Å². The maximum Gasteiger partial charge on any atom is 0.317 e. The van der Waals surface area contributed by atoms with Gasteiger partial charge in [-0.1, -0.05) is 20.8 Å². The molecule has 2 heterocycles. The van der Waals surface area contributed by atoms with E-state index in [9.17, 15) is 9.59 Å². The van der Waals surface area contributed by atoms with E-state index in [1.165, 1.54) is 7.11 Å². The normalized spacial score (nSPS) is 23.6. The topological polar surface area (TPSA) is 76.5 Å². The van der Waals surface area contributed by atoms with Crippen molar-refractivity contribution >= 4 is 12.0 Å². The van der Waals surface area contributed by atoms with Crippen molar-refractivity contribution < 1.29 is 14.3 Å². The number of urea groups is 1. The molecule has 0 unspecified atom stereocenters. The number of amides is 2. The molecule has 2 amide bonds. The molecule has 1 saturated heterocycles. The van der Waals surface area contributed by atoms with Gasteiger partial charge in [0.25, 0.3) is 0 Å². The SMILES string of the molecule is COC(=O)[C@]1(C)CN(C(=O)NCc2nccn2CC(C)C)C[C@H]1C. The third kappa shape index (κ3) is 3.71. The molecule has 0 bridgehead atoms. The van der Waals surface area contributed by atoms with Crippen LogP contribution in [-0.4, -0.2) is 46.7 Å². The minimum absolute atomic E-state index is 0.0543. The first-order valence-corrected chi connectivity index (χ1v) is 8.39. The first-order chi connectivity index (χ1) is 11.3. The Balaban J connectivity index is 1.95. The molecule has 0 aliphatic carbocycles. The maximum atomic E-state index is 12.4. The summed E-state index contributed by atoms with van der Waals surface area (Å²) in [5.74, 6) is 1.13. The lowest BCUT2D eigenvalue weighted by Crippen LogP contribution is -2.41. The molecule has 0 saturated carbocycles. The number of imidazole rings is 1. The van der Waals surface area contributed by atoms with Gasteiger partial charge in [-0.3, -0.25) is 4.79 Å². The number of rotatable bonds is 5. The number of hydrogen-bond acceptors (Lipinski definition) is 4. The molecule has 1 fully saturated rings. The molecule has 1 aliphatic rings. The second kappa shape index (κ2) is 7.23. The Morgan fingerprint density at radius 3 is 2.83 bits per heavy atom. The summed E-state index contributed by atoms with van der Waals surface area (Å²) in [7, 11) is 1.39. The monoisotopic (exact) mass is 336 g/mol. The summed E-state index contributed by atoms with van der Waals surface area (Å²) in [4.78, 5) is 30.4. The summed E-state index contributed by atoms with van der Waals surface area (Å²) in [5, 5.41) is 2.91. The number of carbonyl (C=O) groups excluding carboxylic acids is 2. The van der Waals surface area contributed by atoms with Crippen molar-refractivity contribution in [2.45, 2.75) is 40.8 Å². The zero-order valence-corrected chi connectivity index (χ0v) is 15.2. The van der Waals surface area contributed by atoms with E-state index in [-0.39, 0.29) is 17.9 Å². The highest BCUT2D eigenvalue weighted by atomic mass is 16.5. The van der Waals surface area contributed by atoms with Gasteiger partial charge in [0.1, 0.15) is 5.82 Å². The molecule has 1 aromatic rings. The number of esters is 1. The third-order valence-electron chi connectivity index (χ3n) is 4.80. The average Bonchev–Trinajstić information content (AvgIpc) is 3.09. The lowest BCUT2D eigenvalue weighted by molar-refractivity contribution is -0.152. The summed E-state index contributed by atoms with van der Waals surface area (Å²) in [5.41, 5.74) is -0.651. The quantitative estimate of drug-likeness (QED) is 0.833. The Kier molecular flexibility index (Phi) is 5.51. The zero-order chi connectivity index (χ0) is 17.9. The molecule has 24 heavy (non-hydrogen) atoms. The van der Waals surface area contributed by atoms with Crippen LogP contribution in [0.1, 0.15) is 33.5 Å². The third-order valence-corrected chi connectivity index (χ3v) is 4.80. The predicted molar refractivity (Wildman–Crippen MR) is 90.2 cm³/mol. The van der Waals surface area contributed by atoms with E-state index in [2.05, 4.69) is 28.7 Å². The number of likely N-dealkylation sites (tertiary alicyclic amines) is 1. The number of hydrogen-bond donors (Lipinski definition) is 1. The van der Waals surface area contributed by atoms with Crippen LogP contribution in [0, 0.1) is 17.3 Å². The van der Waals surface area contributed by atoms with Crippen molar-refractivity contribution in [1.29, 1.82) is 0 Å². The molecule has 7 heteroatoms. The molecule has 2 rings (SSSR count). The van der Waals surface area contributed by atoms with E-state index in [1.54, 1.807) is 11.1 Å². The summed E-state index contributed by atoms with van der Waals surface area (Å²) in [6.07, 6.45) is 3.67. The van der Waals surface area contributed by atoms with Gasteiger partial charge in [0.15, 0.2) is 0 Å². The standard InChI is InChI=1S/C17H28N4O3/c1-12(2)9-20-7-6-18-14(20)8-19-16(23)21-10-13(3)17(4,11-21)15(22)24-5/h6-7,12-13H,8-11H2,1-5H3,(H,19,23)/t13-,17-/m1/s1. The second-order valence-corrected chi connectivity index (χ2v) is 7.24. The predicted octanol–water partition coefficient (Wildman–Crippen LogP) is 1.88. The Morgan fingerprint density at radius 1 is 1.50 bits per heavy atom. The van der Waals surface area contributed by atoms with E-state index in [1.807, 2.05) is 20.0 Å². The van der Waals surface area contributed by atoms with E-state index in [0.29, 0.717) is 25.6 Å². The number of nitrogens with zero attached hydrogens (tertiary/aromatic N) is 3. The first-order valence-electron chi connectivity index (χ1n) is 8.39. The van der Waals surface area contributed by atoms with Gasteiger partial charge >= 0.3 is 12.0 Å². The van der Waals surface area contributed by atoms with Gasteiger partial charge < -0.3 is 19.5 Å². The van der Waals surface area contributed by atoms with Gasteiger partial charge in [0.05, 0.1) is 19.1 Å². The van der Waals surface area contributed by atoms with Crippen molar-refractivity contribution in [2.75, 3.05) is 20.2 Å². The molecule has 134 valence electrons. The largest absolute Gasteiger partial charge is 0.469 e. The van der Waals surface area contributed by atoms with Gasteiger partial charge in [-0.2, -0.15) is 0 Å². The highest BCUT2D eigenvalue weighted by molar-refractivity contribution is 5.81. The summed E-state index contributed by atoms with van der Waals surface area (Å²) < 4.78 is 6.95. The summed E-state index contributed by atoms with van der Waals surface area (Å²) in [6.45, 7) is 10.3. The highest BCUT2D eigenvalue weighted by Crippen LogP contribution is 2.36. The van der Waals surface area contributed by atoms with Crippen molar-refractivity contribution in [3.63, 3.8) is 0 Å². The Bertz CT molecular complexity index is 598. The second-order valence-electron chi connectivity index (χ2n) is 7.24. The molecule has 0 aromatic carbocycles. The number of nitrogens with one attached hydrogen (secondary N) is 1. The van der Waals surface area contributed by atoms with E-state index >= 15 is 0 Å². The van der Waals surface area contributed by atoms with E-state index in [0.717, 1.165) is 12.4 Å². The van der Waals surface area contributed by atoms with Crippen LogP contribution < -0.4 is 5.32 Å². The molecule has 7 nitrogen and oxygen atoms in total. The molecule has 0 spiro atoms. The van der Waals surface area contributed by atoms with Gasteiger partial charge in [-0.05, 0) is 18.8 Å². The number of carbonyl (C=O) groups is 2. The molecule has 1 aromatic heterocycles. The van der Waals surface area contributed by atoms with Gasteiger partial charge in [0.2, 0.25) is 0 Å². The fourth-order valence-corrected chi connectivity index (χ4v) is 3.14. The van der Waals surface area contributed by atoms with Crippen molar-refractivity contribution in [3.05, 3.63) is 18.2 Å². The maximum absolute atomic E-state index is 12.4. The first kappa shape index (κ1) is 18.3. The molecule has 1 aliphatic heterocycles. The van der Waals surface area contributed by atoms with Crippen LogP contribution in [0.2, 0.25) is 0 Å². The van der Waals surface area contributed by atoms with E-state index < -0.39 is 5.41 Å². The fourth-order valence-electron chi connectivity index (χ4n) is 3.14. The number of aromatic nitrogens is 2. The number of methoxy groups -OCH3 is 1. The van der Waals surface area contributed by atoms with Gasteiger partial charge in [-0.15, -0.1) is 0 Å². The minimum atomic E-state index is -0.651. The summed E-state index contributed by atoms with van der Waals surface area (Å²) in [6, 6.07) is -0.173. The Hall–Kier alpha value is -2.05.